The van der Waals surface area contributed by atoms with E-state index >= 15 is 0 Å². The third-order valence-electron chi connectivity index (χ3n) is 3.37. The smallest absolute Gasteiger partial charge is 0.265 e. The van der Waals surface area contributed by atoms with Gasteiger partial charge in [-0.25, -0.2) is 14.4 Å². The molecule has 1 atom stereocenters. The molecule has 3 rings (SSSR count). The first-order valence-corrected chi connectivity index (χ1v) is 6.96. The first kappa shape index (κ1) is 14.2. The summed E-state index contributed by atoms with van der Waals surface area (Å²) in [6.45, 7) is 3.50. The van der Waals surface area contributed by atoms with Crippen LogP contribution >= 0.6 is 0 Å². The minimum absolute atomic E-state index is 0.100. The number of amides is 1. The van der Waals surface area contributed by atoms with Gasteiger partial charge in [0.25, 0.3) is 5.91 Å². The lowest BCUT2D eigenvalue weighted by molar-refractivity contribution is -0.122. The van der Waals surface area contributed by atoms with Crippen molar-refractivity contribution in [3.05, 3.63) is 36.0 Å². The van der Waals surface area contributed by atoms with E-state index in [0.29, 0.717) is 29.2 Å². The molecule has 2 aromatic rings. The Morgan fingerprint density at radius 1 is 1.41 bits per heavy atom. The Bertz CT molecular complexity index is 735. The van der Waals surface area contributed by atoms with Crippen molar-refractivity contribution in [2.75, 3.05) is 10.6 Å². The first-order valence-electron chi connectivity index (χ1n) is 6.96. The van der Waals surface area contributed by atoms with Crippen LogP contribution < -0.4 is 15.4 Å². The summed E-state index contributed by atoms with van der Waals surface area (Å²) in [5.74, 6) is -0.0129. The summed E-state index contributed by atoms with van der Waals surface area (Å²) in [5.41, 5.74) is 1.48. The van der Waals surface area contributed by atoms with E-state index in [1.807, 2.05) is 6.92 Å². The van der Waals surface area contributed by atoms with Gasteiger partial charge in [0.05, 0.1) is 11.4 Å². The predicted octanol–water partition coefficient (Wildman–Crippen LogP) is 2.64. The van der Waals surface area contributed by atoms with Gasteiger partial charge >= 0.3 is 0 Å². The van der Waals surface area contributed by atoms with Crippen LogP contribution in [0.1, 0.15) is 19.5 Å². The Morgan fingerprint density at radius 3 is 3.00 bits per heavy atom. The highest BCUT2D eigenvalue weighted by Gasteiger charge is 2.23. The number of fused-ring (bicyclic) bond motifs is 1. The largest absolute Gasteiger partial charge is 0.479 e. The number of ether oxygens (including phenoxy) is 1. The Balaban J connectivity index is 1.88. The second kappa shape index (κ2) is 5.59. The van der Waals surface area contributed by atoms with Gasteiger partial charge < -0.3 is 15.4 Å². The number of nitrogens with zero attached hydrogens (tertiary/aromatic N) is 2. The van der Waals surface area contributed by atoms with E-state index in [-0.39, 0.29) is 11.7 Å². The number of anilines is 3. The molecule has 0 spiro atoms. The molecule has 0 bridgehead atoms. The molecule has 0 saturated carbocycles. The van der Waals surface area contributed by atoms with Crippen molar-refractivity contribution in [1.82, 2.24) is 9.97 Å². The third-order valence-corrected chi connectivity index (χ3v) is 3.37. The summed E-state index contributed by atoms with van der Waals surface area (Å²) in [5, 5.41) is 5.63. The van der Waals surface area contributed by atoms with Gasteiger partial charge in [-0.05, 0) is 31.5 Å². The van der Waals surface area contributed by atoms with Crippen LogP contribution in [0.2, 0.25) is 0 Å². The highest BCUT2D eigenvalue weighted by Crippen LogP contribution is 2.33. The Labute approximate surface area is 126 Å². The lowest BCUT2D eigenvalue weighted by Gasteiger charge is -2.23. The van der Waals surface area contributed by atoms with E-state index in [0.717, 1.165) is 0 Å². The van der Waals surface area contributed by atoms with Gasteiger partial charge in [-0.3, -0.25) is 4.79 Å². The maximum atomic E-state index is 14.1. The van der Waals surface area contributed by atoms with Gasteiger partial charge in [-0.1, -0.05) is 6.92 Å². The average molecular weight is 302 g/mol. The van der Waals surface area contributed by atoms with Crippen molar-refractivity contribution in [2.24, 2.45) is 0 Å². The van der Waals surface area contributed by atoms with Crippen LogP contribution in [0.3, 0.4) is 0 Å². The molecule has 1 unspecified atom stereocenters. The molecule has 1 aliphatic rings. The second-order valence-electron chi connectivity index (χ2n) is 4.92. The lowest BCUT2D eigenvalue weighted by atomic mass is 10.2. The quantitative estimate of drug-likeness (QED) is 0.911. The van der Waals surface area contributed by atoms with E-state index in [1.54, 1.807) is 25.1 Å². The summed E-state index contributed by atoms with van der Waals surface area (Å²) < 4.78 is 19.6. The molecule has 22 heavy (non-hydrogen) atoms. The molecule has 7 heteroatoms. The highest BCUT2D eigenvalue weighted by atomic mass is 19.1. The van der Waals surface area contributed by atoms with Crippen LogP contribution in [0.4, 0.5) is 21.6 Å². The van der Waals surface area contributed by atoms with Crippen LogP contribution in [-0.4, -0.2) is 22.0 Å². The number of nitrogens with one attached hydrogen (secondary N) is 2. The molecule has 6 nitrogen and oxygen atoms in total. The number of rotatable bonds is 3. The summed E-state index contributed by atoms with van der Waals surface area (Å²) in [7, 11) is 0. The average Bonchev–Trinajstić information content (AvgIpc) is 2.51. The minimum atomic E-state index is -0.530. The van der Waals surface area contributed by atoms with Crippen LogP contribution in [0.5, 0.6) is 5.75 Å². The molecule has 1 aliphatic heterocycles. The monoisotopic (exact) mass is 302 g/mol. The SMILES string of the molecule is CCc1ncnc(Nc2ccc3c(c2)NC(=O)C(C)O3)c1F. The molecular formula is C15H15FN4O2. The molecule has 1 aromatic carbocycles. The molecule has 0 fully saturated rings. The van der Waals surface area contributed by atoms with E-state index in [2.05, 4.69) is 20.6 Å². The van der Waals surface area contributed by atoms with E-state index in [9.17, 15) is 9.18 Å². The Kier molecular flexibility index (Phi) is 3.62. The van der Waals surface area contributed by atoms with Crippen molar-refractivity contribution in [1.29, 1.82) is 0 Å². The van der Waals surface area contributed by atoms with Gasteiger partial charge in [-0.15, -0.1) is 0 Å². The molecular weight excluding hydrogens is 287 g/mol. The van der Waals surface area contributed by atoms with Crippen molar-refractivity contribution >= 4 is 23.1 Å². The molecule has 0 saturated heterocycles. The fourth-order valence-electron chi connectivity index (χ4n) is 2.16. The molecule has 2 heterocycles. The van der Waals surface area contributed by atoms with Gasteiger partial charge in [0.1, 0.15) is 12.1 Å². The topological polar surface area (TPSA) is 76.1 Å². The van der Waals surface area contributed by atoms with Crippen LogP contribution in [0.25, 0.3) is 0 Å². The minimum Gasteiger partial charge on any atom is -0.479 e. The zero-order chi connectivity index (χ0) is 15.7. The van der Waals surface area contributed by atoms with Crippen LogP contribution in [0, 0.1) is 5.82 Å². The summed E-state index contributed by atoms with van der Waals surface area (Å²) >= 11 is 0. The standard InChI is InChI=1S/C15H15FN4O2/c1-3-10-13(16)14(18-7-17-10)19-9-4-5-12-11(6-9)20-15(21)8(2)22-12/h4-8H,3H2,1-2H3,(H,20,21)(H,17,18,19). The van der Waals surface area contributed by atoms with Crippen LogP contribution in [0.15, 0.2) is 24.5 Å². The number of hydrogen-bond donors (Lipinski definition) is 2. The number of aromatic nitrogens is 2. The van der Waals surface area contributed by atoms with E-state index < -0.39 is 11.9 Å². The van der Waals surface area contributed by atoms with Crippen molar-refractivity contribution in [3.63, 3.8) is 0 Å². The van der Waals surface area contributed by atoms with E-state index in [1.165, 1.54) is 6.33 Å². The van der Waals surface area contributed by atoms with Crippen molar-refractivity contribution in [2.45, 2.75) is 26.4 Å². The van der Waals surface area contributed by atoms with Gasteiger partial charge in [0.2, 0.25) is 0 Å². The van der Waals surface area contributed by atoms with Crippen LogP contribution in [-0.2, 0) is 11.2 Å². The van der Waals surface area contributed by atoms with Gasteiger partial charge in [0.15, 0.2) is 17.7 Å². The number of carbonyl (C=O) groups is 1. The molecule has 114 valence electrons. The maximum Gasteiger partial charge on any atom is 0.265 e. The van der Waals surface area contributed by atoms with Crippen molar-refractivity contribution < 1.29 is 13.9 Å². The summed E-state index contributed by atoms with van der Waals surface area (Å²) in [6, 6.07) is 5.12. The lowest BCUT2D eigenvalue weighted by Crippen LogP contribution is -2.34. The second-order valence-corrected chi connectivity index (χ2v) is 4.92. The number of benzene rings is 1. The summed E-state index contributed by atoms with van der Waals surface area (Å²) in [4.78, 5) is 19.4. The van der Waals surface area contributed by atoms with Crippen molar-refractivity contribution in [3.8, 4) is 5.75 Å². The van der Waals surface area contributed by atoms with E-state index in [4.69, 9.17) is 4.74 Å². The number of aryl methyl sites for hydroxylation is 1. The Hall–Kier alpha value is -2.70. The third kappa shape index (κ3) is 2.57. The number of carbonyl (C=O) groups excluding carboxylic acids is 1. The summed E-state index contributed by atoms with van der Waals surface area (Å²) in [6.07, 6.45) is 1.27. The molecule has 1 aromatic heterocycles. The predicted molar refractivity (Wildman–Crippen MR) is 79.8 cm³/mol. The first-order chi connectivity index (χ1) is 10.6. The Morgan fingerprint density at radius 2 is 2.23 bits per heavy atom. The zero-order valence-electron chi connectivity index (χ0n) is 12.2. The normalized spacial score (nSPS) is 16.5. The molecule has 2 N–H and O–H groups in total. The molecule has 1 amide bonds. The number of hydrogen-bond acceptors (Lipinski definition) is 5. The van der Waals surface area contributed by atoms with Gasteiger partial charge in [0, 0.05) is 5.69 Å². The zero-order valence-corrected chi connectivity index (χ0v) is 12.2. The fourth-order valence-corrected chi connectivity index (χ4v) is 2.16. The maximum absolute atomic E-state index is 14.1. The molecule has 0 radical (unpaired) electrons. The van der Waals surface area contributed by atoms with Gasteiger partial charge in [-0.2, -0.15) is 0 Å². The highest BCUT2D eigenvalue weighted by molar-refractivity contribution is 5.98. The number of halogens is 1. The fraction of sp³-hybridized carbons (Fsp3) is 0.267. The molecule has 0 aliphatic carbocycles.